The van der Waals surface area contributed by atoms with Crippen molar-refractivity contribution in [2.75, 3.05) is 18.8 Å². The van der Waals surface area contributed by atoms with Crippen molar-refractivity contribution in [3.63, 3.8) is 0 Å². The molecule has 0 bridgehead atoms. The van der Waals surface area contributed by atoms with Crippen LogP contribution in [0.1, 0.15) is 90.1 Å². The fourth-order valence-corrected chi connectivity index (χ4v) is 7.59. The largest absolute Gasteiger partial charge is 0.383 e. The highest BCUT2D eigenvalue weighted by atomic mass is 15.2. The lowest BCUT2D eigenvalue weighted by Gasteiger charge is -2.44. The highest BCUT2D eigenvalue weighted by Gasteiger charge is 2.40. The number of aromatic amines is 1. The zero-order valence-electron chi connectivity index (χ0n) is 25.3. The number of aryl methyl sites for hydroxylation is 1. The Labute approximate surface area is 244 Å². The number of anilines is 1. The molecule has 0 amide bonds. The lowest BCUT2D eigenvalue weighted by Crippen LogP contribution is -2.48. The molecule has 7 rings (SSSR count). The van der Waals surface area contributed by atoms with E-state index in [1.165, 1.54) is 69.1 Å². The number of H-pyrrole nitrogens is 1. The van der Waals surface area contributed by atoms with Crippen LogP contribution >= 0.6 is 0 Å². The number of hydrogen-bond donors (Lipinski definition) is 2. The number of nitrogens with zero attached hydrogens (tertiary/aromatic N) is 5. The Hall–Kier alpha value is -2.93. The second-order valence-corrected chi connectivity index (χ2v) is 14.7. The van der Waals surface area contributed by atoms with Crippen LogP contribution in [0.4, 0.5) is 5.82 Å². The van der Waals surface area contributed by atoms with Gasteiger partial charge in [-0.2, -0.15) is 0 Å². The van der Waals surface area contributed by atoms with E-state index < -0.39 is 0 Å². The Balaban J connectivity index is 0.953. The lowest BCUT2D eigenvalue weighted by atomic mass is 9.76. The molecule has 3 aliphatic carbocycles. The number of nitrogens with one attached hydrogen (secondary N) is 1. The van der Waals surface area contributed by atoms with Gasteiger partial charge in [-0.3, -0.25) is 4.90 Å². The topological polar surface area (TPSA) is 88.7 Å². The van der Waals surface area contributed by atoms with Gasteiger partial charge in [-0.15, -0.1) is 0 Å². The minimum atomic E-state index is 0.157. The second-order valence-electron chi connectivity index (χ2n) is 14.7. The van der Waals surface area contributed by atoms with Gasteiger partial charge < -0.3 is 15.3 Å². The first-order valence-electron chi connectivity index (χ1n) is 16.0. The van der Waals surface area contributed by atoms with Crippen molar-refractivity contribution in [1.82, 2.24) is 29.4 Å². The summed E-state index contributed by atoms with van der Waals surface area (Å²) >= 11 is 0. The molecule has 3 aromatic heterocycles. The molecule has 7 nitrogen and oxygen atoms in total. The average molecular weight is 554 g/mol. The van der Waals surface area contributed by atoms with Crippen molar-refractivity contribution < 1.29 is 0 Å². The SMILES string of the molecule is CC1CC(n2ccc3c(N)ncnc32)CC1CN(CC1CC1)C1CC(CCc2nc3ccc(C(C)(C)C)cc3[nH]2)C1. The number of fused-ring (bicyclic) bond motifs is 2. The van der Waals surface area contributed by atoms with Gasteiger partial charge in [0.2, 0.25) is 0 Å². The van der Waals surface area contributed by atoms with E-state index in [1.54, 1.807) is 6.33 Å². The molecule has 1 aromatic carbocycles. The molecular formula is C34H47N7. The Morgan fingerprint density at radius 3 is 2.63 bits per heavy atom. The molecule has 0 aliphatic heterocycles. The maximum absolute atomic E-state index is 6.12. The Morgan fingerprint density at radius 2 is 1.85 bits per heavy atom. The standard InChI is InChI=1S/C34H47N7/c1-21-13-27(41-12-11-28-32(35)36-20-37-33(28)41)16-24(21)19-40(18-22-5-6-22)26-14-23(15-26)7-10-31-38-29-9-8-25(34(2,3)4)17-30(29)39-31/h8-9,11-12,17,20-24,26-27H,5-7,10,13-16,18-19H2,1-4H3,(H,38,39)(H2,35,36,37). The molecule has 3 atom stereocenters. The molecular weight excluding hydrogens is 506 g/mol. The van der Waals surface area contributed by atoms with Crippen LogP contribution in [0.2, 0.25) is 0 Å². The number of benzene rings is 1. The normalized spacial score (nSPS) is 26.8. The highest BCUT2D eigenvalue weighted by Crippen LogP contribution is 2.44. The summed E-state index contributed by atoms with van der Waals surface area (Å²) in [6, 6.07) is 10.1. The maximum Gasteiger partial charge on any atom is 0.145 e. The third-order valence-corrected chi connectivity index (χ3v) is 10.5. The van der Waals surface area contributed by atoms with Crippen LogP contribution in [0.25, 0.3) is 22.1 Å². The van der Waals surface area contributed by atoms with Crippen molar-refractivity contribution in [2.24, 2.45) is 23.7 Å². The van der Waals surface area contributed by atoms with Gasteiger partial charge in [0.25, 0.3) is 0 Å². The molecule has 3 fully saturated rings. The number of nitrogens with two attached hydrogens (primary N) is 1. The Bertz CT molecular complexity index is 1520. The predicted octanol–water partition coefficient (Wildman–Crippen LogP) is 6.90. The summed E-state index contributed by atoms with van der Waals surface area (Å²) in [6.45, 7) is 11.8. The van der Waals surface area contributed by atoms with E-state index in [0.717, 1.165) is 58.5 Å². The van der Waals surface area contributed by atoms with Crippen molar-refractivity contribution in [1.29, 1.82) is 0 Å². The van der Waals surface area contributed by atoms with Gasteiger partial charge >= 0.3 is 0 Å². The van der Waals surface area contributed by atoms with Crippen LogP contribution in [-0.2, 0) is 11.8 Å². The molecule has 0 radical (unpaired) electrons. The van der Waals surface area contributed by atoms with Crippen LogP contribution in [-0.4, -0.2) is 48.5 Å². The summed E-state index contributed by atoms with van der Waals surface area (Å²) in [5.41, 5.74) is 10.9. The molecule has 218 valence electrons. The molecule has 7 heteroatoms. The summed E-state index contributed by atoms with van der Waals surface area (Å²) in [4.78, 5) is 20.2. The summed E-state index contributed by atoms with van der Waals surface area (Å²) in [5.74, 6) is 4.96. The van der Waals surface area contributed by atoms with E-state index in [4.69, 9.17) is 10.7 Å². The van der Waals surface area contributed by atoms with Crippen molar-refractivity contribution in [2.45, 2.75) is 96.6 Å². The Morgan fingerprint density at radius 1 is 1.02 bits per heavy atom. The van der Waals surface area contributed by atoms with Crippen LogP contribution in [0.5, 0.6) is 0 Å². The summed E-state index contributed by atoms with van der Waals surface area (Å²) in [6.07, 6.45) is 14.1. The van der Waals surface area contributed by atoms with E-state index in [0.29, 0.717) is 11.9 Å². The van der Waals surface area contributed by atoms with Crippen molar-refractivity contribution >= 4 is 27.9 Å². The first-order valence-corrected chi connectivity index (χ1v) is 16.0. The zero-order valence-corrected chi connectivity index (χ0v) is 25.3. The molecule has 4 aromatic rings. The number of hydrogen-bond acceptors (Lipinski definition) is 5. The van der Waals surface area contributed by atoms with E-state index in [2.05, 4.69) is 82.6 Å². The second kappa shape index (κ2) is 10.4. The van der Waals surface area contributed by atoms with E-state index in [9.17, 15) is 0 Å². The zero-order chi connectivity index (χ0) is 28.3. The maximum atomic E-state index is 6.12. The van der Waals surface area contributed by atoms with Gasteiger partial charge in [-0.05, 0) is 97.8 Å². The fraction of sp³-hybridized carbons (Fsp3) is 0.618. The minimum Gasteiger partial charge on any atom is -0.383 e. The number of rotatable bonds is 9. The molecule has 3 aliphatic rings. The average Bonchev–Trinajstić information content (AvgIpc) is 3.28. The molecule has 0 saturated heterocycles. The summed E-state index contributed by atoms with van der Waals surface area (Å²) in [5, 5.41) is 0.983. The summed E-state index contributed by atoms with van der Waals surface area (Å²) < 4.78 is 2.37. The van der Waals surface area contributed by atoms with E-state index in [1.807, 2.05) is 0 Å². The molecule has 3 N–H and O–H groups in total. The number of imidazole rings is 1. The van der Waals surface area contributed by atoms with Gasteiger partial charge in [0.15, 0.2) is 0 Å². The quantitative estimate of drug-likeness (QED) is 0.235. The van der Waals surface area contributed by atoms with Crippen LogP contribution in [0.15, 0.2) is 36.8 Å². The van der Waals surface area contributed by atoms with Crippen molar-refractivity contribution in [3.05, 3.63) is 48.2 Å². The number of nitrogen functional groups attached to an aromatic ring is 1. The fourth-order valence-electron chi connectivity index (χ4n) is 7.59. The third kappa shape index (κ3) is 5.50. The van der Waals surface area contributed by atoms with Gasteiger partial charge in [0.1, 0.15) is 23.6 Å². The molecule has 3 saturated carbocycles. The number of aromatic nitrogens is 5. The molecule has 3 unspecified atom stereocenters. The lowest BCUT2D eigenvalue weighted by molar-refractivity contribution is 0.0519. The monoisotopic (exact) mass is 553 g/mol. The minimum absolute atomic E-state index is 0.157. The third-order valence-electron chi connectivity index (χ3n) is 10.5. The van der Waals surface area contributed by atoms with E-state index in [-0.39, 0.29) is 5.41 Å². The first kappa shape index (κ1) is 26.9. The first-order chi connectivity index (χ1) is 19.7. The van der Waals surface area contributed by atoms with E-state index >= 15 is 0 Å². The Kier molecular flexibility index (Phi) is 6.84. The molecule has 3 heterocycles. The predicted molar refractivity (Wildman–Crippen MR) is 167 cm³/mol. The van der Waals surface area contributed by atoms with Crippen LogP contribution in [0.3, 0.4) is 0 Å². The van der Waals surface area contributed by atoms with Crippen molar-refractivity contribution in [3.8, 4) is 0 Å². The van der Waals surface area contributed by atoms with Gasteiger partial charge in [-0.25, -0.2) is 15.0 Å². The molecule has 0 spiro atoms. The summed E-state index contributed by atoms with van der Waals surface area (Å²) in [7, 11) is 0. The van der Waals surface area contributed by atoms with Gasteiger partial charge in [-0.1, -0.05) is 33.8 Å². The molecule has 41 heavy (non-hydrogen) atoms. The van der Waals surface area contributed by atoms with Gasteiger partial charge in [0.05, 0.1) is 16.4 Å². The van der Waals surface area contributed by atoms with Crippen LogP contribution < -0.4 is 5.73 Å². The highest BCUT2D eigenvalue weighted by molar-refractivity contribution is 5.86. The smallest absolute Gasteiger partial charge is 0.145 e. The van der Waals surface area contributed by atoms with Crippen LogP contribution in [0, 0.1) is 23.7 Å². The van der Waals surface area contributed by atoms with Gasteiger partial charge in [0, 0.05) is 37.8 Å².